The largest absolute Gasteiger partial charge is 0.361 e. The van der Waals surface area contributed by atoms with Crippen molar-refractivity contribution in [1.82, 2.24) is 15.6 Å². The number of hydrogen-bond donors (Lipinski definition) is 4. The number of hydrogen-bond acceptors (Lipinski definition) is 3. The monoisotopic (exact) mass is 258 g/mol. The van der Waals surface area contributed by atoms with E-state index in [9.17, 15) is 9.59 Å². The predicted octanol–water partition coefficient (Wildman–Crippen LogP) is 0.194. The Morgan fingerprint density at radius 2 is 2.21 bits per heavy atom. The molecule has 2 aromatic rings. The fourth-order valence-corrected chi connectivity index (χ4v) is 2.11. The highest BCUT2D eigenvalue weighted by molar-refractivity contribution is 5.98. The molecule has 1 saturated heterocycles. The second kappa shape index (κ2) is 4.74. The third kappa shape index (κ3) is 2.43. The van der Waals surface area contributed by atoms with Crippen molar-refractivity contribution in [2.24, 2.45) is 0 Å². The summed E-state index contributed by atoms with van der Waals surface area (Å²) in [6.07, 6.45) is 1.86. The Hall–Kier alpha value is -2.34. The van der Waals surface area contributed by atoms with Gasteiger partial charge in [0.05, 0.1) is 6.54 Å². The lowest BCUT2D eigenvalue weighted by Crippen LogP contribution is -2.56. The lowest BCUT2D eigenvalue weighted by molar-refractivity contribution is -0.124. The summed E-state index contributed by atoms with van der Waals surface area (Å²) >= 11 is 0. The van der Waals surface area contributed by atoms with E-state index in [4.69, 9.17) is 0 Å². The van der Waals surface area contributed by atoms with Crippen molar-refractivity contribution >= 4 is 28.4 Å². The average Bonchev–Trinajstić information content (AvgIpc) is 2.87. The van der Waals surface area contributed by atoms with Crippen molar-refractivity contribution in [1.29, 1.82) is 0 Å². The Morgan fingerprint density at radius 3 is 3.00 bits per heavy atom. The van der Waals surface area contributed by atoms with Gasteiger partial charge in [0.15, 0.2) is 0 Å². The molecule has 19 heavy (non-hydrogen) atoms. The highest BCUT2D eigenvalue weighted by Crippen LogP contribution is 2.17. The van der Waals surface area contributed by atoms with Crippen LogP contribution in [0, 0.1) is 0 Å². The number of carbonyl (C=O) groups is 2. The molecule has 6 heteroatoms. The molecule has 1 aliphatic heterocycles. The van der Waals surface area contributed by atoms with Crippen LogP contribution in [0.15, 0.2) is 30.5 Å². The maximum absolute atomic E-state index is 12.0. The van der Waals surface area contributed by atoms with Gasteiger partial charge in [-0.05, 0) is 24.3 Å². The van der Waals surface area contributed by atoms with Gasteiger partial charge in [0.2, 0.25) is 11.8 Å². The molecule has 1 aliphatic rings. The number of aromatic nitrogens is 1. The van der Waals surface area contributed by atoms with Crippen LogP contribution in [0.5, 0.6) is 0 Å². The van der Waals surface area contributed by atoms with Gasteiger partial charge in [-0.15, -0.1) is 0 Å². The molecule has 4 N–H and O–H groups in total. The molecule has 1 aromatic heterocycles. The van der Waals surface area contributed by atoms with Crippen molar-refractivity contribution in [3.8, 4) is 0 Å². The fraction of sp³-hybridized carbons (Fsp3) is 0.231. The number of fused-ring (bicyclic) bond motifs is 1. The number of nitrogens with one attached hydrogen (secondary N) is 4. The number of piperazine rings is 1. The Bertz CT molecular complexity index is 624. The molecule has 98 valence electrons. The summed E-state index contributed by atoms with van der Waals surface area (Å²) in [5, 5.41) is 9.43. The van der Waals surface area contributed by atoms with Crippen LogP contribution in [0.1, 0.15) is 0 Å². The molecule has 0 spiro atoms. The molecular weight excluding hydrogens is 244 g/mol. The minimum absolute atomic E-state index is 0.0854. The molecule has 1 fully saturated rings. The standard InChI is InChI=1S/C13H14N4O2/c18-12-7-15-11(6-16-12)13(19)17-9-1-2-10-8(5-9)3-4-14-10/h1-5,11,14-15H,6-7H2,(H,16,18)(H,17,19). The summed E-state index contributed by atoms with van der Waals surface area (Å²) in [7, 11) is 0. The number of rotatable bonds is 2. The lowest BCUT2D eigenvalue weighted by Gasteiger charge is -2.23. The summed E-state index contributed by atoms with van der Waals surface area (Å²) in [5.41, 5.74) is 1.77. The molecule has 3 rings (SSSR count). The number of H-pyrrole nitrogens is 1. The van der Waals surface area contributed by atoms with Gasteiger partial charge in [0.1, 0.15) is 6.04 Å². The van der Waals surface area contributed by atoms with Crippen LogP contribution in [0.25, 0.3) is 10.9 Å². The molecule has 2 heterocycles. The first-order chi connectivity index (χ1) is 9.22. The third-order valence-corrected chi connectivity index (χ3v) is 3.15. The minimum atomic E-state index is -0.389. The van der Waals surface area contributed by atoms with Crippen molar-refractivity contribution in [2.45, 2.75) is 6.04 Å². The Morgan fingerprint density at radius 1 is 1.32 bits per heavy atom. The molecule has 0 aliphatic carbocycles. The zero-order valence-corrected chi connectivity index (χ0v) is 10.2. The van der Waals surface area contributed by atoms with E-state index in [1.807, 2.05) is 30.5 Å². The molecule has 0 saturated carbocycles. The molecular formula is C13H14N4O2. The quantitative estimate of drug-likeness (QED) is 0.620. The van der Waals surface area contributed by atoms with Crippen LogP contribution < -0.4 is 16.0 Å². The van der Waals surface area contributed by atoms with E-state index in [0.717, 1.165) is 16.6 Å². The first-order valence-corrected chi connectivity index (χ1v) is 6.10. The summed E-state index contributed by atoms with van der Waals surface area (Å²) in [6.45, 7) is 0.492. The predicted molar refractivity (Wildman–Crippen MR) is 71.7 cm³/mol. The molecule has 6 nitrogen and oxygen atoms in total. The van der Waals surface area contributed by atoms with Gasteiger partial charge in [0, 0.05) is 29.3 Å². The Labute approximate surface area is 109 Å². The second-order valence-electron chi connectivity index (χ2n) is 4.51. The molecule has 2 amide bonds. The number of benzene rings is 1. The van der Waals surface area contributed by atoms with Gasteiger partial charge >= 0.3 is 0 Å². The average molecular weight is 258 g/mol. The zero-order valence-electron chi connectivity index (χ0n) is 10.2. The van der Waals surface area contributed by atoms with Crippen LogP contribution in [0.4, 0.5) is 5.69 Å². The van der Waals surface area contributed by atoms with Crippen molar-refractivity contribution < 1.29 is 9.59 Å². The van der Waals surface area contributed by atoms with Crippen LogP contribution in [0.2, 0.25) is 0 Å². The van der Waals surface area contributed by atoms with E-state index in [2.05, 4.69) is 20.9 Å². The van der Waals surface area contributed by atoms with Gasteiger partial charge in [-0.25, -0.2) is 0 Å². The molecule has 1 atom stereocenters. The fourth-order valence-electron chi connectivity index (χ4n) is 2.11. The molecule has 1 unspecified atom stereocenters. The van der Waals surface area contributed by atoms with E-state index in [1.165, 1.54) is 0 Å². The zero-order chi connectivity index (χ0) is 13.2. The van der Waals surface area contributed by atoms with Crippen molar-refractivity contribution in [3.05, 3.63) is 30.5 Å². The van der Waals surface area contributed by atoms with E-state index in [0.29, 0.717) is 6.54 Å². The van der Waals surface area contributed by atoms with Crippen LogP contribution >= 0.6 is 0 Å². The van der Waals surface area contributed by atoms with Gasteiger partial charge in [-0.2, -0.15) is 0 Å². The number of carbonyl (C=O) groups excluding carboxylic acids is 2. The van der Waals surface area contributed by atoms with Crippen molar-refractivity contribution in [3.63, 3.8) is 0 Å². The Kier molecular flexibility index (Phi) is 2.92. The summed E-state index contributed by atoms with van der Waals surface area (Å²) in [4.78, 5) is 26.1. The van der Waals surface area contributed by atoms with E-state index >= 15 is 0 Å². The van der Waals surface area contributed by atoms with Gasteiger partial charge in [-0.1, -0.05) is 0 Å². The lowest BCUT2D eigenvalue weighted by atomic mass is 10.2. The first kappa shape index (κ1) is 11.7. The maximum atomic E-state index is 12.0. The van der Waals surface area contributed by atoms with E-state index in [-0.39, 0.29) is 24.4 Å². The molecule has 1 aromatic carbocycles. The number of anilines is 1. The minimum Gasteiger partial charge on any atom is -0.361 e. The first-order valence-electron chi connectivity index (χ1n) is 6.10. The highest BCUT2D eigenvalue weighted by Gasteiger charge is 2.23. The number of aromatic amines is 1. The van der Waals surface area contributed by atoms with Crippen molar-refractivity contribution in [2.75, 3.05) is 18.4 Å². The topological polar surface area (TPSA) is 86.0 Å². The molecule has 0 radical (unpaired) electrons. The summed E-state index contributed by atoms with van der Waals surface area (Å²) < 4.78 is 0. The highest BCUT2D eigenvalue weighted by atomic mass is 16.2. The summed E-state index contributed by atoms with van der Waals surface area (Å²) in [5.74, 6) is -0.229. The maximum Gasteiger partial charge on any atom is 0.243 e. The van der Waals surface area contributed by atoms with Crippen LogP contribution in [-0.4, -0.2) is 35.9 Å². The van der Waals surface area contributed by atoms with Gasteiger partial charge < -0.3 is 15.6 Å². The van der Waals surface area contributed by atoms with Crippen LogP contribution in [-0.2, 0) is 9.59 Å². The van der Waals surface area contributed by atoms with Gasteiger partial charge in [-0.3, -0.25) is 14.9 Å². The SMILES string of the molecule is O=C1CNC(C(=O)Nc2ccc3[nH]ccc3c2)CN1. The van der Waals surface area contributed by atoms with Crippen LogP contribution in [0.3, 0.4) is 0 Å². The van der Waals surface area contributed by atoms with Gasteiger partial charge in [0.25, 0.3) is 0 Å². The normalized spacial score (nSPS) is 19.2. The van der Waals surface area contributed by atoms with E-state index in [1.54, 1.807) is 0 Å². The number of amides is 2. The second-order valence-corrected chi connectivity index (χ2v) is 4.51. The third-order valence-electron chi connectivity index (χ3n) is 3.15. The smallest absolute Gasteiger partial charge is 0.243 e. The van der Waals surface area contributed by atoms with E-state index < -0.39 is 0 Å². The molecule has 0 bridgehead atoms. The summed E-state index contributed by atoms with van der Waals surface area (Å²) in [6, 6.07) is 7.23. The Balaban J connectivity index is 1.70.